The first-order valence-corrected chi connectivity index (χ1v) is 7.86. The van der Waals surface area contributed by atoms with Gasteiger partial charge in [-0.25, -0.2) is 0 Å². The quantitative estimate of drug-likeness (QED) is 0.419. The highest BCUT2D eigenvalue weighted by atomic mass is 35.5. The molecule has 0 heterocycles. The van der Waals surface area contributed by atoms with Gasteiger partial charge in [0.2, 0.25) is 0 Å². The number of methoxy groups -OCH3 is 1. The summed E-state index contributed by atoms with van der Waals surface area (Å²) < 4.78 is 36.2. The number of halogens is 1. The molecule has 0 aliphatic heterocycles. The number of ether oxygens (including phenoxy) is 2. The minimum atomic E-state index is -3.36. The highest BCUT2D eigenvalue weighted by Crippen LogP contribution is 2.25. The molecule has 7 heteroatoms. The van der Waals surface area contributed by atoms with Crippen molar-refractivity contribution < 1.29 is 22.1 Å². The Morgan fingerprint density at radius 1 is 1.32 bits per heavy atom. The second-order valence-corrected chi connectivity index (χ2v) is 6.00. The first kappa shape index (κ1) is 16.2. The normalized spacial score (nSPS) is 11.5. The molecule has 0 radical (unpaired) electrons. The average Bonchev–Trinajstić information content (AvgIpc) is 2.32. The Kier molecular flexibility index (Phi) is 6.57. The topological polar surface area (TPSA) is 61.8 Å². The van der Waals surface area contributed by atoms with E-state index < -0.39 is 10.1 Å². The van der Waals surface area contributed by atoms with E-state index in [9.17, 15) is 8.42 Å². The molecule has 0 spiro atoms. The van der Waals surface area contributed by atoms with E-state index in [-0.39, 0.29) is 13.4 Å². The third kappa shape index (κ3) is 6.77. The first-order chi connectivity index (χ1) is 8.92. The minimum Gasteiger partial charge on any atom is -0.466 e. The van der Waals surface area contributed by atoms with Gasteiger partial charge in [0.15, 0.2) is 6.79 Å². The van der Waals surface area contributed by atoms with Crippen LogP contribution in [0, 0.1) is 0 Å². The van der Waals surface area contributed by atoms with Crippen LogP contribution < -0.4 is 4.74 Å². The zero-order chi connectivity index (χ0) is 14.3. The van der Waals surface area contributed by atoms with Crippen molar-refractivity contribution in [3.8, 4) is 5.75 Å². The van der Waals surface area contributed by atoms with E-state index in [4.69, 9.17) is 21.1 Å². The van der Waals surface area contributed by atoms with E-state index in [1.807, 2.05) is 6.07 Å². The van der Waals surface area contributed by atoms with Crippen LogP contribution in [0.15, 0.2) is 18.2 Å². The van der Waals surface area contributed by atoms with E-state index >= 15 is 0 Å². The lowest BCUT2D eigenvalue weighted by atomic mass is 10.1. The van der Waals surface area contributed by atoms with E-state index in [1.54, 1.807) is 12.1 Å². The van der Waals surface area contributed by atoms with Crippen molar-refractivity contribution >= 4 is 21.7 Å². The molecular weight excluding hydrogens is 292 g/mol. The Hall–Kier alpha value is -0.820. The Balaban J connectivity index is 2.45. The van der Waals surface area contributed by atoms with Crippen molar-refractivity contribution in [2.45, 2.75) is 12.8 Å². The molecule has 19 heavy (non-hydrogen) atoms. The van der Waals surface area contributed by atoms with Gasteiger partial charge in [-0.05, 0) is 30.5 Å². The average molecular weight is 309 g/mol. The predicted octanol–water partition coefficient (Wildman–Crippen LogP) is 2.23. The fraction of sp³-hybridized carbons (Fsp3) is 0.500. The summed E-state index contributed by atoms with van der Waals surface area (Å²) in [4.78, 5) is 0. The molecule has 0 aliphatic carbocycles. The summed E-state index contributed by atoms with van der Waals surface area (Å²) in [5.41, 5.74) is 0.992. The number of rotatable bonds is 8. The first-order valence-electron chi connectivity index (χ1n) is 5.67. The van der Waals surface area contributed by atoms with Gasteiger partial charge in [0.1, 0.15) is 5.75 Å². The van der Waals surface area contributed by atoms with E-state index in [2.05, 4.69) is 4.18 Å². The summed E-state index contributed by atoms with van der Waals surface area (Å²) in [6, 6.07) is 5.42. The Morgan fingerprint density at radius 2 is 2.05 bits per heavy atom. The SMILES string of the molecule is COCOc1ccc(CCCOS(C)(=O)=O)cc1Cl. The smallest absolute Gasteiger partial charge is 0.264 e. The lowest BCUT2D eigenvalue weighted by molar-refractivity contribution is 0.0512. The van der Waals surface area contributed by atoms with Gasteiger partial charge in [-0.3, -0.25) is 4.18 Å². The molecule has 0 saturated heterocycles. The zero-order valence-corrected chi connectivity index (χ0v) is 12.5. The van der Waals surface area contributed by atoms with Crippen LogP contribution in [0.4, 0.5) is 0 Å². The Labute approximate surface area is 118 Å². The number of aryl methyl sites for hydroxylation is 1. The van der Waals surface area contributed by atoms with Crippen LogP contribution in [0.2, 0.25) is 5.02 Å². The molecule has 0 atom stereocenters. The summed E-state index contributed by atoms with van der Waals surface area (Å²) in [5, 5.41) is 0.499. The van der Waals surface area contributed by atoms with Crippen molar-refractivity contribution in [2.24, 2.45) is 0 Å². The van der Waals surface area contributed by atoms with E-state index in [0.717, 1.165) is 11.8 Å². The largest absolute Gasteiger partial charge is 0.466 e. The van der Waals surface area contributed by atoms with Gasteiger partial charge < -0.3 is 9.47 Å². The van der Waals surface area contributed by atoms with Crippen LogP contribution in [-0.4, -0.2) is 35.2 Å². The van der Waals surface area contributed by atoms with Crippen LogP contribution in [0.1, 0.15) is 12.0 Å². The van der Waals surface area contributed by atoms with Crippen molar-refractivity contribution in [3.63, 3.8) is 0 Å². The monoisotopic (exact) mass is 308 g/mol. The number of hydrogen-bond donors (Lipinski definition) is 0. The molecule has 0 aromatic heterocycles. The molecule has 0 aliphatic rings. The number of benzene rings is 1. The molecule has 0 N–H and O–H groups in total. The third-order valence-corrected chi connectivity index (χ3v) is 3.13. The van der Waals surface area contributed by atoms with Crippen molar-refractivity contribution in [3.05, 3.63) is 28.8 Å². The van der Waals surface area contributed by atoms with Crippen LogP contribution in [0.3, 0.4) is 0 Å². The van der Waals surface area contributed by atoms with Crippen LogP contribution >= 0.6 is 11.6 Å². The van der Waals surface area contributed by atoms with Gasteiger partial charge in [-0.2, -0.15) is 8.42 Å². The van der Waals surface area contributed by atoms with Crippen molar-refractivity contribution in [1.29, 1.82) is 0 Å². The molecule has 0 saturated carbocycles. The zero-order valence-electron chi connectivity index (χ0n) is 10.9. The second kappa shape index (κ2) is 7.69. The summed E-state index contributed by atoms with van der Waals surface area (Å²) in [6.07, 6.45) is 2.31. The fourth-order valence-corrected chi connectivity index (χ4v) is 2.10. The molecule has 1 aromatic rings. The summed E-state index contributed by atoms with van der Waals surface area (Å²) in [6.45, 7) is 0.305. The molecule has 0 unspecified atom stereocenters. The molecule has 5 nitrogen and oxygen atoms in total. The number of hydrogen-bond acceptors (Lipinski definition) is 5. The molecule has 0 fully saturated rings. The predicted molar refractivity (Wildman–Crippen MR) is 73.1 cm³/mol. The van der Waals surface area contributed by atoms with Crippen molar-refractivity contribution in [1.82, 2.24) is 0 Å². The van der Waals surface area contributed by atoms with Crippen LogP contribution in [0.25, 0.3) is 0 Å². The highest BCUT2D eigenvalue weighted by molar-refractivity contribution is 7.85. The minimum absolute atomic E-state index is 0.140. The Morgan fingerprint density at radius 3 is 2.63 bits per heavy atom. The highest BCUT2D eigenvalue weighted by Gasteiger charge is 2.04. The second-order valence-electron chi connectivity index (χ2n) is 3.95. The maximum absolute atomic E-state index is 10.8. The lowest BCUT2D eigenvalue weighted by Gasteiger charge is -2.08. The molecule has 1 rings (SSSR count). The maximum atomic E-state index is 10.8. The van der Waals surface area contributed by atoms with E-state index in [0.29, 0.717) is 23.6 Å². The molecule has 108 valence electrons. The van der Waals surface area contributed by atoms with Crippen LogP contribution in [-0.2, 0) is 25.5 Å². The maximum Gasteiger partial charge on any atom is 0.264 e. The van der Waals surface area contributed by atoms with E-state index in [1.165, 1.54) is 7.11 Å². The summed E-state index contributed by atoms with van der Waals surface area (Å²) in [7, 11) is -1.83. The summed E-state index contributed by atoms with van der Waals surface area (Å²) >= 11 is 6.04. The fourth-order valence-electron chi connectivity index (χ4n) is 1.43. The van der Waals surface area contributed by atoms with Gasteiger partial charge in [0.25, 0.3) is 10.1 Å². The third-order valence-electron chi connectivity index (χ3n) is 2.24. The van der Waals surface area contributed by atoms with Gasteiger partial charge in [0.05, 0.1) is 17.9 Å². The lowest BCUT2D eigenvalue weighted by Crippen LogP contribution is -2.05. The van der Waals surface area contributed by atoms with Crippen LogP contribution in [0.5, 0.6) is 5.75 Å². The van der Waals surface area contributed by atoms with Gasteiger partial charge in [0, 0.05) is 7.11 Å². The molecule has 1 aromatic carbocycles. The molecule has 0 bridgehead atoms. The van der Waals surface area contributed by atoms with Gasteiger partial charge in [-0.15, -0.1) is 0 Å². The van der Waals surface area contributed by atoms with Crippen molar-refractivity contribution in [2.75, 3.05) is 26.8 Å². The summed E-state index contributed by atoms with van der Waals surface area (Å²) in [5.74, 6) is 0.555. The van der Waals surface area contributed by atoms with Gasteiger partial charge in [-0.1, -0.05) is 17.7 Å². The molecule has 0 amide bonds. The van der Waals surface area contributed by atoms with Gasteiger partial charge >= 0.3 is 0 Å². The standard InChI is InChI=1S/C12H17ClO5S/c1-16-9-17-12-6-5-10(8-11(12)13)4-3-7-18-19(2,14)15/h5-6,8H,3-4,7,9H2,1-2H3. The molecular formula is C12H17ClO5S. The Bertz CT molecular complexity index is 501.